The second kappa shape index (κ2) is 4.74. The molecule has 2 rings (SSSR count). The molecule has 0 unspecified atom stereocenters. The summed E-state index contributed by atoms with van der Waals surface area (Å²) in [6.07, 6.45) is 0. The van der Waals surface area contributed by atoms with E-state index in [0.717, 1.165) is 5.56 Å². The van der Waals surface area contributed by atoms with Crippen LogP contribution in [-0.4, -0.2) is 5.11 Å². The molecular weight excluding hydrogens is 221 g/mol. The summed E-state index contributed by atoms with van der Waals surface area (Å²) in [6, 6.07) is 10.8. The number of anilines is 1. The van der Waals surface area contributed by atoms with Crippen LogP contribution >= 0.6 is 0 Å². The lowest BCUT2D eigenvalue weighted by Gasteiger charge is -2.07. The number of hydrogen-bond donors (Lipinski definition) is 2. The lowest BCUT2D eigenvalue weighted by atomic mass is 10.2. The molecule has 0 aliphatic carbocycles. The molecule has 4 heteroatoms. The number of aromatic hydroxyl groups is 1. The van der Waals surface area contributed by atoms with Crippen molar-refractivity contribution in [2.45, 2.75) is 6.61 Å². The van der Waals surface area contributed by atoms with Crippen LogP contribution in [0.5, 0.6) is 11.5 Å². The summed E-state index contributed by atoms with van der Waals surface area (Å²) in [5, 5.41) is 9.38. The van der Waals surface area contributed by atoms with Crippen LogP contribution in [0.1, 0.15) is 5.56 Å². The minimum Gasteiger partial charge on any atom is -0.506 e. The first-order chi connectivity index (χ1) is 8.15. The first-order valence-corrected chi connectivity index (χ1v) is 5.11. The van der Waals surface area contributed by atoms with Crippen LogP contribution < -0.4 is 10.5 Å². The van der Waals surface area contributed by atoms with Gasteiger partial charge >= 0.3 is 0 Å². The Balaban J connectivity index is 2.05. The highest BCUT2D eigenvalue weighted by Gasteiger charge is 2.01. The second-order valence-electron chi connectivity index (χ2n) is 3.64. The fourth-order valence-electron chi connectivity index (χ4n) is 1.41. The molecule has 88 valence electrons. The Morgan fingerprint density at radius 1 is 1.18 bits per heavy atom. The zero-order valence-corrected chi connectivity index (χ0v) is 9.06. The van der Waals surface area contributed by atoms with Crippen molar-refractivity contribution in [3.8, 4) is 11.5 Å². The molecule has 0 spiro atoms. The van der Waals surface area contributed by atoms with Crippen molar-refractivity contribution in [2.24, 2.45) is 0 Å². The molecule has 0 bridgehead atoms. The third-order valence-electron chi connectivity index (χ3n) is 2.30. The van der Waals surface area contributed by atoms with E-state index in [1.54, 1.807) is 24.3 Å². The van der Waals surface area contributed by atoms with Crippen molar-refractivity contribution in [1.82, 2.24) is 0 Å². The smallest absolute Gasteiger partial charge is 0.142 e. The minimum atomic E-state index is -0.300. The Kier molecular flexibility index (Phi) is 3.14. The number of benzene rings is 2. The summed E-state index contributed by atoms with van der Waals surface area (Å²) >= 11 is 0. The number of nitrogen functional groups attached to an aromatic ring is 1. The molecular formula is C13H12FNO2. The lowest BCUT2D eigenvalue weighted by molar-refractivity contribution is 0.304. The number of rotatable bonds is 3. The number of phenolic OH excluding ortho intramolecular Hbond substituents is 1. The summed E-state index contributed by atoms with van der Waals surface area (Å²) in [6.45, 7) is 0.237. The van der Waals surface area contributed by atoms with Gasteiger partial charge in [0.05, 0.1) is 5.69 Å². The highest BCUT2D eigenvalue weighted by atomic mass is 19.1. The fourth-order valence-corrected chi connectivity index (χ4v) is 1.41. The van der Waals surface area contributed by atoms with Crippen molar-refractivity contribution < 1.29 is 14.2 Å². The third-order valence-corrected chi connectivity index (χ3v) is 2.30. The van der Waals surface area contributed by atoms with Crippen LogP contribution in [-0.2, 0) is 6.61 Å². The monoisotopic (exact) mass is 233 g/mol. The second-order valence-corrected chi connectivity index (χ2v) is 3.64. The van der Waals surface area contributed by atoms with Gasteiger partial charge < -0.3 is 15.6 Å². The van der Waals surface area contributed by atoms with Crippen LogP contribution in [0, 0.1) is 5.82 Å². The molecule has 0 saturated carbocycles. The summed E-state index contributed by atoms with van der Waals surface area (Å²) < 4.78 is 18.3. The highest BCUT2D eigenvalue weighted by Crippen LogP contribution is 2.25. The molecule has 0 heterocycles. The van der Waals surface area contributed by atoms with Crippen LogP contribution in [0.3, 0.4) is 0 Å². The Morgan fingerprint density at radius 2 is 2.00 bits per heavy atom. The molecule has 2 aromatic carbocycles. The Hall–Kier alpha value is -2.23. The van der Waals surface area contributed by atoms with Crippen LogP contribution in [0.2, 0.25) is 0 Å². The van der Waals surface area contributed by atoms with E-state index in [2.05, 4.69) is 0 Å². The van der Waals surface area contributed by atoms with Crippen molar-refractivity contribution >= 4 is 5.69 Å². The number of ether oxygens (including phenoxy) is 1. The van der Waals surface area contributed by atoms with Crippen molar-refractivity contribution in [1.29, 1.82) is 0 Å². The normalized spacial score (nSPS) is 10.2. The van der Waals surface area contributed by atoms with Gasteiger partial charge in [0.2, 0.25) is 0 Å². The molecule has 0 aliphatic heterocycles. The highest BCUT2D eigenvalue weighted by molar-refractivity contribution is 5.54. The lowest BCUT2D eigenvalue weighted by Crippen LogP contribution is -1.96. The van der Waals surface area contributed by atoms with E-state index in [-0.39, 0.29) is 18.2 Å². The number of phenols is 1. The summed E-state index contributed by atoms with van der Waals surface area (Å²) in [4.78, 5) is 0. The van der Waals surface area contributed by atoms with Gasteiger partial charge in [-0.15, -0.1) is 0 Å². The largest absolute Gasteiger partial charge is 0.506 e. The van der Waals surface area contributed by atoms with E-state index in [1.807, 2.05) is 0 Å². The van der Waals surface area contributed by atoms with Crippen LogP contribution in [0.15, 0.2) is 42.5 Å². The van der Waals surface area contributed by atoms with Gasteiger partial charge in [-0.25, -0.2) is 4.39 Å². The maximum Gasteiger partial charge on any atom is 0.142 e. The van der Waals surface area contributed by atoms with Crippen LogP contribution in [0.25, 0.3) is 0 Å². The molecule has 0 atom stereocenters. The molecule has 3 nitrogen and oxygen atoms in total. The van der Waals surface area contributed by atoms with Gasteiger partial charge in [-0.3, -0.25) is 0 Å². The topological polar surface area (TPSA) is 55.5 Å². The fraction of sp³-hybridized carbons (Fsp3) is 0.0769. The summed E-state index contributed by atoms with van der Waals surface area (Å²) in [5.41, 5.74) is 6.48. The third kappa shape index (κ3) is 2.87. The first-order valence-electron chi connectivity index (χ1n) is 5.11. The summed E-state index contributed by atoms with van der Waals surface area (Å²) in [7, 11) is 0. The van der Waals surface area contributed by atoms with Crippen molar-refractivity contribution in [3.05, 3.63) is 53.8 Å². The Labute approximate surface area is 98.3 Å². The van der Waals surface area contributed by atoms with E-state index in [1.165, 1.54) is 18.2 Å². The van der Waals surface area contributed by atoms with Gasteiger partial charge in [-0.1, -0.05) is 12.1 Å². The minimum absolute atomic E-state index is 0.0262. The van der Waals surface area contributed by atoms with E-state index < -0.39 is 0 Å². The molecule has 0 aliphatic rings. The van der Waals surface area contributed by atoms with E-state index in [4.69, 9.17) is 10.5 Å². The average molecular weight is 233 g/mol. The standard InChI is InChI=1S/C13H12FNO2/c14-10-3-1-2-9(6-10)8-17-11-4-5-12(15)13(16)7-11/h1-7,16H,8,15H2. The predicted molar refractivity (Wildman–Crippen MR) is 63.3 cm³/mol. The Bertz CT molecular complexity index is 529. The van der Waals surface area contributed by atoms with E-state index in [9.17, 15) is 9.50 Å². The molecule has 0 aromatic heterocycles. The molecule has 3 N–H and O–H groups in total. The first kappa shape index (κ1) is 11.3. The zero-order valence-electron chi connectivity index (χ0n) is 9.06. The summed E-state index contributed by atoms with van der Waals surface area (Å²) in [5.74, 6) is 0.161. The molecule has 0 radical (unpaired) electrons. The van der Waals surface area contributed by atoms with Gasteiger partial charge in [0.25, 0.3) is 0 Å². The van der Waals surface area contributed by atoms with Crippen molar-refractivity contribution in [2.75, 3.05) is 5.73 Å². The van der Waals surface area contributed by atoms with Gasteiger partial charge in [-0.05, 0) is 29.8 Å². The maximum atomic E-state index is 12.9. The Morgan fingerprint density at radius 3 is 2.71 bits per heavy atom. The van der Waals surface area contributed by atoms with Gasteiger partial charge in [0.1, 0.15) is 23.9 Å². The number of halogens is 1. The molecule has 17 heavy (non-hydrogen) atoms. The van der Waals surface area contributed by atoms with Gasteiger partial charge in [0, 0.05) is 6.07 Å². The predicted octanol–water partition coefficient (Wildman–Crippen LogP) is 2.69. The quantitative estimate of drug-likeness (QED) is 0.633. The van der Waals surface area contributed by atoms with Crippen LogP contribution in [0.4, 0.5) is 10.1 Å². The van der Waals surface area contributed by atoms with E-state index >= 15 is 0 Å². The number of hydrogen-bond acceptors (Lipinski definition) is 3. The molecule has 0 amide bonds. The van der Waals surface area contributed by atoms with Gasteiger partial charge in [-0.2, -0.15) is 0 Å². The van der Waals surface area contributed by atoms with E-state index in [0.29, 0.717) is 11.4 Å². The van der Waals surface area contributed by atoms with Gasteiger partial charge in [0.15, 0.2) is 0 Å². The van der Waals surface area contributed by atoms with Crippen molar-refractivity contribution in [3.63, 3.8) is 0 Å². The SMILES string of the molecule is Nc1ccc(OCc2cccc(F)c2)cc1O. The molecule has 0 fully saturated rings. The molecule has 0 saturated heterocycles. The number of nitrogens with two attached hydrogens (primary N) is 1. The molecule has 2 aromatic rings. The zero-order chi connectivity index (χ0) is 12.3. The maximum absolute atomic E-state index is 12.9. The average Bonchev–Trinajstić information content (AvgIpc) is 2.31.